The minimum atomic E-state index is 0.330. The van der Waals surface area contributed by atoms with E-state index in [1.165, 1.54) is 38.8 Å². The lowest BCUT2D eigenvalue weighted by Crippen LogP contribution is -2.45. The van der Waals surface area contributed by atoms with E-state index in [2.05, 4.69) is 11.8 Å². The maximum atomic E-state index is 6.06. The van der Waals surface area contributed by atoms with Crippen LogP contribution in [0.4, 0.5) is 0 Å². The Hall–Kier alpha value is -0.770. The maximum Gasteiger partial charge on any atom is 0.119 e. The van der Waals surface area contributed by atoms with Crippen LogP contribution in [0.25, 0.3) is 0 Å². The minimum absolute atomic E-state index is 0.330. The average Bonchev–Trinajstić information content (AvgIpc) is 2.59. The molecule has 24 heavy (non-hydrogen) atoms. The molecule has 1 aromatic rings. The van der Waals surface area contributed by atoms with Crippen LogP contribution in [0.15, 0.2) is 18.2 Å². The van der Waals surface area contributed by atoms with Crippen molar-refractivity contribution in [3.8, 4) is 5.75 Å². The molecule has 0 aromatic heterocycles. The van der Waals surface area contributed by atoms with Crippen LogP contribution in [-0.2, 0) is 4.74 Å². The summed E-state index contributed by atoms with van der Waals surface area (Å²) in [5.41, 5.74) is 1.06. The lowest BCUT2D eigenvalue weighted by atomic mass is 9.90. The van der Waals surface area contributed by atoms with Crippen LogP contribution in [0, 0.1) is 12.8 Å². The van der Waals surface area contributed by atoms with Gasteiger partial charge in [-0.3, -0.25) is 0 Å². The lowest BCUT2D eigenvalue weighted by Gasteiger charge is -2.37. The van der Waals surface area contributed by atoms with Gasteiger partial charge in [-0.05, 0) is 69.0 Å². The summed E-state index contributed by atoms with van der Waals surface area (Å²) in [6, 6.07) is 5.85. The molecule has 4 heteroatoms. The molecule has 1 aromatic carbocycles. The third-order valence-electron chi connectivity index (χ3n) is 5.05. The number of benzene rings is 1. The van der Waals surface area contributed by atoms with Gasteiger partial charge in [-0.25, -0.2) is 0 Å². The summed E-state index contributed by atoms with van der Waals surface area (Å²) in [6.45, 7) is 8.46. The standard InChI is InChI=1S/C20H32ClNO2/c1-4-5-6-11-22-12-9-17(20(15-22)23-3)10-13-24-18-7-8-19(21)16(2)14-18/h7-8,14,17,20H,4-6,9-13,15H2,1-3H3/t17-,20+/m1/s1. The first-order valence-corrected chi connectivity index (χ1v) is 9.66. The molecule has 1 aliphatic heterocycles. The van der Waals surface area contributed by atoms with Gasteiger partial charge in [0.15, 0.2) is 0 Å². The van der Waals surface area contributed by atoms with E-state index in [1.807, 2.05) is 32.2 Å². The highest BCUT2D eigenvalue weighted by Crippen LogP contribution is 2.25. The molecule has 0 spiro atoms. The third-order valence-corrected chi connectivity index (χ3v) is 5.47. The molecule has 0 bridgehead atoms. The van der Waals surface area contributed by atoms with Gasteiger partial charge in [0.05, 0.1) is 12.7 Å². The Bertz CT molecular complexity index is 495. The molecular weight excluding hydrogens is 322 g/mol. The molecule has 2 atom stereocenters. The summed E-state index contributed by atoms with van der Waals surface area (Å²) in [4.78, 5) is 2.56. The van der Waals surface area contributed by atoms with Crippen LogP contribution >= 0.6 is 11.6 Å². The van der Waals surface area contributed by atoms with Crippen LogP contribution in [0.3, 0.4) is 0 Å². The van der Waals surface area contributed by atoms with Gasteiger partial charge in [0.2, 0.25) is 0 Å². The number of likely N-dealkylation sites (tertiary alicyclic amines) is 1. The second kappa shape index (κ2) is 10.3. The number of piperidine rings is 1. The number of rotatable bonds is 9. The number of hydrogen-bond donors (Lipinski definition) is 0. The topological polar surface area (TPSA) is 21.7 Å². The summed E-state index contributed by atoms with van der Waals surface area (Å²) in [6.07, 6.45) is 6.49. The molecule has 0 radical (unpaired) electrons. The molecule has 136 valence electrons. The predicted molar refractivity (Wildman–Crippen MR) is 101 cm³/mol. The van der Waals surface area contributed by atoms with Crippen LogP contribution in [0.2, 0.25) is 5.02 Å². The third kappa shape index (κ3) is 5.94. The number of methoxy groups -OCH3 is 1. The molecule has 0 aliphatic carbocycles. The van der Waals surface area contributed by atoms with Crippen LogP contribution in [-0.4, -0.2) is 44.4 Å². The van der Waals surface area contributed by atoms with Crippen molar-refractivity contribution in [1.82, 2.24) is 4.90 Å². The van der Waals surface area contributed by atoms with E-state index in [9.17, 15) is 0 Å². The normalized spacial score (nSPS) is 21.8. The fraction of sp³-hybridized carbons (Fsp3) is 0.700. The SMILES string of the molecule is CCCCCN1CC[C@H](CCOc2ccc(Cl)c(C)c2)[C@@H](OC)C1. The molecule has 2 rings (SSSR count). The number of unbranched alkanes of at least 4 members (excludes halogenated alkanes) is 2. The average molecular weight is 354 g/mol. The first kappa shape index (κ1) is 19.6. The van der Waals surface area contributed by atoms with Crippen molar-refractivity contribution in [3.05, 3.63) is 28.8 Å². The summed E-state index contributed by atoms with van der Waals surface area (Å²) in [5, 5.41) is 0.789. The Morgan fingerprint density at radius 2 is 2.12 bits per heavy atom. The van der Waals surface area contributed by atoms with E-state index in [-0.39, 0.29) is 0 Å². The Morgan fingerprint density at radius 3 is 2.83 bits per heavy atom. The minimum Gasteiger partial charge on any atom is -0.494 e. The number of nitrogens with zero attached hydrogens (tertiary/aromatic N) is 1. The fourth-order valence-electron chi connectivity index (χ4n) is 3.45. The van der Waals surface area contributed by atoms with Crippen LogP contribution in [0.1, 0.15) is 44.6 Å². The zero-order valence-electron chi connectivity index (χ0n) is 15.4. The van der Waals surface area contributed by atoms with E-state index in [1.54, 1.807) is 0 Å². The Kier molecular flexibility index (Phi) is 8.37. The summed E-state index contributed by atoms with van der Waals surface area (Å²) >= 11 is 6.06. The number of halogens is 1. The number of ether oxygens (including phenoxy) is 2. The summed E-state index contributed by atoms with van der Waals surface area (Å²) in [7, 11) is 1.84. The van der Waals surface area contributed by atoms with Gasteiger partial charge in [0.25, 0.3) is 0 Å². The smallest absolute Gasteiger partial charge is 0.119 e. The fourth-order valence-corrected chi connectivity index (χ4v) is 3.57. The quantitative estimate of drug-likeness (QED) is 0.586. The molecular formula is C20H32ClNO2. The van der Waals surface area contributed by atoms with E-state index >= 15 is 0 Å². The molecule has 0 N–H and O–H groups in total. The molecule has 1 heterocycles. The van der Waals surface area contributed by atoms with Gasteiger partial charge in [0, 0.05) is 18.7 Å². The van der Waals surface area contributed by atoms with Gasteiger partial charge >= 0.3 is 0 Å². The van der Waals surface area contributed by atoms with Crippen molar-refractivity contribution in [2.24, 2.45) is 5.92 Å². The first-order chi connectivity index (χ1) is 11.6. The number of hydrogen-bond acceptors (Lipinski definition) is 3. The molecule has 3 nitrogen and oxygen atoms in total. The van der Waals surface area contributed by atoms with Crippen LogP contribution < -0.4 is 4.74 Å². The second-order valence-corrected chi connectivity index (χ2v) is 7.29. The van der Waals surface area contributed by atoms with E-state index in [4.69, 9.17) is 21.1 Å². The van der Waals surface area contributed by atoms with Crippen molar-refractivity contribution >= 4 is 11.6 Å². The Labute approximate surface area is 152 Å². The van der Waals surface area contributed by atoms with Gasteiger partial charge < -0.3 is 14.4 Å². The highest BCUT2D eigenvalue weighted by molar-refractivity contribution is 6.31. The molecule has 1 aliphatic rings. The van der Waals surface area contributed by atoms with Gasteiger partial charge in [-0.1, -0.05) is 31.4 Å². The highest BCUT2D eigenvalue weighted by Gasteiger charge is 2.28. The van der Waals surface area contributed by atoms with Crippen molar-refractivity contribution in [3.63, 3.8) is 0 Å². The van der Waals surface area contributed by atoms with E-state index < -0.39 is 0 Å². The van der Waals surface area contributed by atoms with Crippen molar-refractivity contribution in [2.75, 3.05) is 33.4 Å². The monoisotopic (exact) mass is 353 g/mol. The maximum absolute atomic E-state index is 6.06. The largest absolute Gasteiger partial charge is 0.494 e. The predicted octanol–water partition coefficient (Wildman–Crippen LogP) is 4.94. The molecule has 0 saturated carbocycles. The van der Waals surface area contributed by atoms with Crippen molar-refractivity contribution < 1.29 is 9.47 Å². The van der Waals surface area contributed by atoms with E-state index in [0.29, 0.717) is 12.0 Å². The van der Waals surface area contributed by atoms with Crippen molar-refractivity contribution in [2.45, 2.75) is 52.1 Å². The zero-order valence-corrected chi connectivity index (χ0v) is 16.1. The highest BCUT2D eigenvalue weighted by atomic mass is 35.5. The van der Waals surface area contributed by atoms with E-state index in [0.717, 1.165) is 35.9 Å². The lowest BCUT2D eigenvalue weighted by molar-refractivity contribution is -0.0180. The summed E-state index contributed by atoms with van der Waals surface area (Å²) in [5.74, 6) is 1.49. The van der Waals surface area contributed by atoms with Crippen LogP contribution in [0.5, 0.6) is 5.75 Å². The summed E-state index contributed by atoms with van der Waals surface area (Å²) < 4.78 is 11.7. The Balaban J connectivity index is 1.74. The molecule has 1 saturated heterocycles. The van der Waals surface area contributed by atoms with Gasteiger partial charge in [-0.15, -0.1) is 0 Å². The zero-order chi connectivity index (χ0) is 17.4. The molecule has 1 fully saturated rings. The molecule has 0 amide bonds. The van der Waals surface area contributed by atoms with Crippen molar-refractivity contribution in [1.29, 1.82) is 0 Å². The van der Waals surface area contributed by atoms with Gasteiger partial charge in [-0.2, -0.15) is 0 Å². The van der Waals surface area contributed by atoms with Gasteiger partial charge in [0.1, 0.15) is 5.75 Å². The second-order valence-electron chi connectivity index (χ2n) is 6.88. The Morgan fingerprint density at radius 1 is 1.29 bits per heavy atom. The molecule has 0 unspecified atom stereocenters. The number of aryl methyl sites for hydroxylation is 1. The first-order valence-electron chi connectivity index (χ1n) is 9.28.